The number of aryl methyl sites for hydroxylation is 1. The Morgan fingerprint density at radius 2 is 1.80 bits per heavy atom. The van der Waals surface area contributed by atoms with Crippen molar-refractivity contribution in [3.8, 4) is 17.0 Å². The van der Waals surface area contributed by atoms with Crippen molar-refractivity contribution >= 4 is 21.4 Å². The van der Waals surface area contributed by atoms with Gasteiger partial charge in [-0.3, -0.25) is 4.90 Å². The summed E-state index contributed by atoms with van der Waals surface area (Å²) in [5, 5.41) is 3.13. The van der Waals surface area contributed by atoms with E-state index >= 15 is 0 Å². The van der Waals surface area contributed by atoms with Crippen molar-refractivity contribution in [3.63, 3.8) is 0 Å². The van der Waals surface area contributed by atoms with Gasteiger partial charge in [0.1, 0.15) is 10.8 Å². The van der Waals surface area contributed by atoms with Crippen LogP contribution in [0.5, 0.6) is 5.75 Å². The molecular formula is C22H25N3O3S2. The summed E-state index contributed by atoms with van der Waals surface area (Å²) in [5.74, 6) is 0.692. The standard InChI is InChI=1S/C22H25N3O3S2/c1-17-14-19(8-9-21(17)28-2)30(26,27)25-12-10-24(11-13-25)15-22-23-20(16-29-22)18-6-4-3-5-7-18/h3-9,14,16H,10-13,15H2,1-2H3. The second-order valence-electron chi connectivity index (χ2n) is 7.30. The molecule has 0 bridgehead atoms. The van der Waals surface area contributed by atoms with Crippen molar-refractivity contribution < 1.29 is 13.2 Å². The molecule has 2 heterocycles. The second-order valence-corrected chi connectivity index (χ2v) is 10.2. The van der Waals surface area contributed by atoms with E-state index in [0.717, 1.165) is 28.4 Å². The van der Waals surface area contributed by atoms with Gasteiger partial charge in [-0.1, -0.05) is 30.3 Å². The number of aromatic nitrogens is 1. The number of benzene rings is 2. The Hall–Kier alpha value is -2.26. The fraction of sp³-hybridized carbons (Fsp3) is 0.318. The van der Waals surface area contributed by atoms with Crippen LogP contribution < -0.4 is 4.74 Å². The fourth-order valence-corrected chi connectivity index (χ4v) is 5.96. The van der Waals surface area contributed by atoms with Gasteiger partial charge in [0.15, 0.2) is 0 Å². The van der Waals surface area contributed by atoms with Crippen LogP contribution >= 0.6 is 11.3 Å². The Kier molecular flexibility index (Phi) is 6.19. The number of ether oxygens (including phenoxy) is 1. The molecule has 1 aromatic heterocycles. The number of sulfonamides is 1. The van der Waals surface area contributed by atoms with Gasteiger partial charge in [-0.15, -0.1) is 11.3 Å². The van der Waals surface area contributed by atoms with Gasteiger partial charge in [0, 0.05) is 37.1 Å². The van der Waals surface area contributed by atoms with Crippen molar-refractivity contribution in [2.45, 2.75) is 18.4 Å². The van der Waals surface area contributed by atoms with E-state index in [4.69, 9.17) is 9.72 Å². The Balaban J connectivity index is 1.38. The molecular weight excluding hydrogens is 418 g/mol. The van der Waals surface area contributed by atoms with Crippen LogP contribution in [0.4, 0.5) is 0 Å². The third-order valence-corrected chi connectivity index (χ3v) is 8.04. The van der Waals surface area contributed by atoms with Crippen molar-refractivity contribution in [3.05, 3.63) is 64.5 Å². The number of piperazine rings is 1. The zero-order valence-electron chi connectivity index (χ0n) is 17.1. The summed E-state index contributed by atoms with van der Waals surface area (Å²) in [6.45, 7) is 4.93. The summed E-state index contributed by atoms with van der Waals surface area (Å²) in [7, 11) is -1.92. The largest absolute Gasteiger partial charge is 0.496 e. The zero-order chi connectivity index (χ0) is 21.1. The molecule has 3 aromatic rings. The molecule has 0 radical (unpaired) electrons. The molecule has 0 unspecified atom stereocenters. The fourth-order valence-electron chi connectivity index (χ4n) is 3.60. The lowest BCUT2D eigenvalue weighted by Gasteiger charge is -2.33. The molecule has 0 amide bonds. The minimum atomic E-state index is -3.50. The minimum Gasteiger partial charge on any atom is -0.496 e. The summed E-state index contributed by atoms with van der Waals surface area (Å²) in [6.07, 6.45) is 0. The van der Waals surface area contributed by atoms with Crippen molar-refractivity contribution in [1.29, 1.82) is 0 Å². The number of thiazole rings is 1. The highest BCUT2D eigenvalue weighted by Gasteiger charge is 2.29. The number of hydrogen-bond donors (Lipinski definition) is 0. The normalized spacial score (nSPS) is 15.9. The Morgan fingerprint density at radius 3 is 2.47 bits per heavy atom. The second kappa shape index (κ2) is 8.85. The molecule has 6 nitrogen and oxygen atoms in total. The highest BCUT2D eigenvalue weighted by Crippen LogP contribution is 2.26. The molecule has 0 N–H and O–H groups in total. The molecule has 0 spiro atoms. The third-order valence-electron chi connectivity index (χ3n) is 5.32. The topological polar surface area (TPSA) is 62.7 Å². The van der Waals surface area contributed by atoms with Crippen LogP contribution in [-0.2, 0) is 16.6 Å². The SMILES string of the molecule is COc1ccc(S(=O)(=O)N2CCN(Cc3nc(-c4ccccc4)cs3)CC2)cc1C. The van der Waals surface area contributed by atoms with Gasteiger partial charge < -0.3 is 4.74 Å². The maximum atomic E-state index is 13.0. The van der Waals surface area contributed by atoms with Gasteiger partial charge in [-0.25, -0.2) is 13.4 Å². The molecule has 0 atom stereocenters. The van der Waals surface area contributed by atoms with Crippen molar-refractivity contribution in [2.24, 2.45) is 0 Å². The quantitative estimate of drug-likeness (QED) is 0.582. The summed E-state index contributed by atoms with van der Waals surface area (Å²) in [4.78, 5) is 7.33. The van der Waals surface area contributed by atoms with E-state index in [9.17, 15) is 8.42 Å². The Bertz CT molecular complexity index is 1110. The minimum absolute atomic E-state index is 0.321. The van der Waals surface area contributed by atoms with Crippen LogP contribution in [0.2, 0.25) is 0 Å². The van der Waals surface area contributed by atoms with E-state index in [-0.39, 0.29) is 0 Å². The molecule has 1 fully saturated rings. The van der Waals surface area contributed by atoms with Crippen molar-refractivity contribution in [2.75, 3.05) is 33.3 Å². The maximum Gasteiger partial charge on any atom is 0.243 e. The predicted molar refractivity (Wildman–Crippen MR) is 119 cm³/mol. The van der Waals surface area contributed by atoms with E-state index in [1.165, 1.54) is 0 Å². The van der Waals surface area contributed by atoms with Crippen LogP contribution in [-0.4, -0.2) is 55.9 Å². The summed E-state index contributed by atoms with van der Waals surface area (Å²) < 4.78 is 32.9. The lowest BCUT2D eigenvalue weighted by atomic mass is 10.2. The Morgan fingerprint density at radius 1 is 1.07 bits per heavy atom. The average molecular weight is 444 g/mol. The monoisotopic (exact) mass is 443 g/mol. The molecule has 1 aliphatic heterocycles. The number of methoxy groups -OCH3 is 1. The summed E-state index contributed by atoms with van der Waals surface area (Å²) in [6, 6.07) is 15.2. The molecule has 30 heavy (non-hydrogen) atoms. The van der Waals surface area contributed by atoms with Crippen LogP contribution in [0.25, 0.3) is 11.3 Å². The van der Waals surface area contributed by atoms with Crippen LogP contribution in [0.15, 0.2) is 58.8 Å². The lowest BCUT2D eigenvalue weighted by molar-refractivity contribution is 0.181. The first-order chi connectivity index (χ1) is 14.5. The maximum absolute atomic E-state index is 13.0. The van der Waals surface area contributed by atoms with E-state index < -0.39 is 10.0 Å². The number of nitrogens with zero attached hydrogens (tertiary/aromatic N) is 3. The molecule has 1 saturated heterocycles. The van der Waals surface area contributed by atoms with E-state index in [1.807, 2.05) is 25.1 Å². The third kappa shape index (κ3) is 4.41. The highest BCUT2D eigenvalue weighted by atomic mass is 32.2. The van der Waals surface area contributed by atoms with E-state index in [0.29, 0.717) is 36.8 Å². The van der Waals surface area contributed by atoms with Crippen LogP contribution in [0.1, 0.15) is 10.6 Å². The molecule has 158 valence electrons. The zero-order valence-corrected chi connectivity index (χ0v) is 18.7. The molecule has 4 rings (SSSR count). The summed E-state index contributed by atoms with van der Waals surface area (Å²) >= 11 is 1.65. The van der Waals surface area contributed by atoms with Crippen LogP contribution in [0, 0.1) is 6.92 Å². The molecule has 8 heteroatoms. The van der Waals surface area contributed by atoms with Gasteiger partial charge in [-0.2, -0.15) is 4.31 Å². The van der Waals surface area contributed by atoms with Gasteiger partial charge in [0.2, 0.25) is 10.0 Å². The number of hydrogen-bond acceptors (Lipinski definition) is 6. The molecule has 1 aliphatic rings. The van der Waals surface area contributed by atoms with Crippen LogP contribution in [0.3, 0.4) is 0 Å². The summed E-state index contributed by atoms with van der Waals surface area (Å²) in [5.41, 5.74) is 2.92. The Labute approximate surface area is 181 Å². The lowest BCUT2D eigenvalue weighted by Crippen LogP contribution is -2.48. The highest BCUT2D eigenvalue weighted by molar-refractivity contribution is 7.89. The smallest absolute Gasteiger partial charge is 0.243 e. The van der Waals surface area contributed by atoms with Crippen molar-refractivity contribution in [1.82, 2.24) is 14.2 Å². The van der Waals surface area contributed by atoms with Gasteiger partial charge in [0.25, 0.3) is 0 Å². The van der Waals surface area contributed by atoms with E-state index in [2.05, 4.69) is 22.4 Å². The first-order valence-corrected chi connectivity index (χ1v) is 12.2. The first kappa shape index (κ1) is 21.0. The van der Waals surface area contributed by atoms with E-state index in [1.54, 1.807) is 41.0 Å². The number of rotatable bonds is 6. The molecule has 2 aromatic carbocycles. The molecule has 0 saturated carbocycles. The van der Waals surface area contributed by atoms with Gasteiger partial charge in [0.05, 0.1) is 24.2 Å². The predicted octanol–water partition coefficient (Wildman–Crippen LogP) is 3.63. The molecule has 0 aliphatic carbocycles. The average Bonchev–Trinajstić information content (AvgIpc) is 3.23. The first-order valence-electron chi connectivity index (χ1n) is 9.84. The van der Waals surface area contributed by atoms with Gasteiger partial charge >= 0.3 is 0 Å². The van der Waals surface area contributed by atoms with Gasteiger partial charge in [-0.05, 0) is 30.7 Å².